The third-order valence-corrected chi connectivity index (χ3v) is 3.72. The fourth-order valence-electron chi connectivity index (χ4n) is 2.79. The van der Waals surface area contributed by atoms with Crippen LogP contribution < -0.4 is 0 Å². The van der Waals surface area contributed by atoms with Gasteiger partial charge in [-0.25, -0.2) is 0 Å². The smallest absolute Gasteiger partial charge is 0.307 e. The molecule has 0 aliphatic carbocycles. The number of carbonyl (C=O) groups is 1. The number of hydrogen-bond acceptors (Lipinski definition) is 4. The molecule has 0 fully saturated rings. The summed E-state index contributed by atoms with van der Waals surface area (Å²) in [6.45, 7) is 14.6. The lowest BCUT2D eigenvalue weighted by molar-refractivity contribution is -0.147. The number of carbonyl (C=O) groups excluding carboxylic acids is 1. The van der Waals surface area contributed by atoms with Crippen molar-refractivity contribution >= 4 is 5.97 Å². The number of methoxy groups -OCH3 is 1. The molecule has 1 unspecified atom stereocenters. The van der Waals surface area contributed by atoms with Gasteiger partial charge in [-0.2, -0.15) is 0 Å². The van der Waals surface area contributed by atoms with Crippen LogP contribution in [-0.4, -0.2) is 48.8 Å². The van der Waals surface area contributed by atoms with E-state index in [9.17, 15) is 4.79 Å². The number of esters is 1. The van der Waals surface area contributed by atoms with E-state index in [0.717, 1.165) is 19.5 Å². The Morgan fingerprint density at radius 3 is 2.00 bits per heavy atom. The van der Waals surface area contributed by atoms with Crippen molar-refractivity contribution in [3.8, 4) is 0 Å². The quantitative estimate of drug-likeness (QED) is 0.606. The predicted octanol–water partition coefficient (Wildman–Crippen LogP) is 2.86. The Kier molecular flexibility index (Phi) is 7.60. The number of hydrogen-bond donors (Lipinski definition) is 0. The second-order valence-electron chi connectivity index (χ2n) is 5.79. The Morgan fingerprint density at radius 1 is 1.11 bits per heavy atom. The van der Waals surface area contributed by atoms with E-state index in [1.165, 1.54) is 0 Å². The van der Waals surface area contributed by atoms with Crippen LogP contribution in [0.3, 0.4) is 0 Å². The zero-order valence-electron chi connectivity index (χ0n) is 13.7. The maximum Gasteiger partial charge on any atom is 0.307 e. The Hall–Kier alpha value is -0.610. The molecule has 114 valence electrons. The number of rotatable bonds is 9. The minimum atomic E-state index is -0.260. The zero-order chi connectivity index (χ0) is 15.1. The highest BCUT2D eigenvalue weighted by molar-refractivity contribution is 5.70. The SMILES string of the molecule is CCOC(=O)CC(C)(CC(C)(C)OC)N(CC)CC. The summed E-state index contributed by atoms with van der Waals surface area (Å²) in [6.07, 6.45) is 1.19. The first-order chi connectivity index (χ1) is 8.74. The Labute approximate surface area is 118 Å². The molecule has 4 heteroatoms. The lowest BCUT2D eigenvalue weighted by Gasteiger charge is -2.44. The highest BCUT2D eigenvalue weighted by Crippen LogP contribution is 2.31. The standard InChI is InChI=1S/C15H31NO3/c1-8-16(9-2)15(6,11-13(17)19-10-3)12-14(4,5)18-7/h8-12H2,1-7H3. The first-order valence-electron chi connectivity index (χ1n) is 7.20. The van der Waals surface area contributed by atoms with Crippen molar-refractivity contribution < 1.29 is 14.3 Å². The molecular weight excluding hydrogens is 242 g/mol. The van der Waals surface area contributed by atoms with Gasteiger partial charge in [-0.1, -0.05) is 13.8 Å². The van der Waals surface area contributed by atoms with Crippen molar-refractivity contribution in [1.29, 1.82) is 0 Å². The first-order valence-corrected chi connectivity index (χ1v) is 7.20. The fraction of sp³-hybridized carbons (Fsp3) is 0.933. The van der Waals surface area contributed by atoms with Crippen LogP contribution in [-0.2, 0) is 14.3 Å². The van der Waals surface area contributed by atoms with E-state index in [0.29, 0.717) is 13.0 Å². The number of nitrogens with zero attached hydrogens (tertiary/aromatic N) is 1. The van der Waals surface area contributed by atoms with E-state index >= 15 is 0 Å². The highest BCUT2D eigenvalue weighted by Gasteiger charge is 2.38. The molecule has 0 aromatic carbocycles. The molecule has 4 nitrogen and oxygen atoms in total. The van der Waals surface area contributed by atoms with Gasteiger partial charge in [0.15, 0.2) is 0 Å². The second-order valence-corrected chi connectivity index (χ2v) is 5.79. The fourth-order valence-corrected chi connectivity index (χ4v) is 2.79. The molecule has 1 atom stereocenters. The van der Waals surface area contributed by atoms with Gasteiger partial charge in [-0.05, 0) is 47.2 Å². The van der Waals surface area contributed by atoms with Crippen LogP contribution in [0, 0.1) is 0 Å². The molecule has 0 radical (unpaired) electrons. The monoisotopic (exact) mass is 273 g/mol. The van der Waals surface area contributed by atoms with E-state index in [-0.39, 0.29) is 17.1 Å². The van der Waals surface area contributed by atoms with Crippen LogP contribution in [0.5, 0.6) is 0 Å². The van der Waals surface area contributed by atoms with E-state index in [4.69, 9.17) is 9.47 Å². The maximum atomic E-state index is 11.9. The van der Waals surface area contributed by atoms with Gasteiger partial charge in [-0.3, -0.25) is 9.69 Å². The summed E-state index contributed by atoms with van der Waals surface area (Å²) >= 11 is 0. The van der Waals surface area contributed by atoms with Crippen LogP contribution in [0.15, 0.2) is 0 Å². The molecule has 0 saturated heterocycles. The lowest BCUT2D eigenvalue weighted by Crippen LogP contribution is -2.52. The molecule has 0 rings (SSSR count). The summed E-state index contributed by atoms with van der Waals surface area (Å²) in [4.78, 5) is 14.2. The molecule has 0 bridgehead atoms. The van der Waals surface area contributed by atoms with E-state index in [1.54, 1.807) is 7.11 Å². The molecule has 0 aliphatic heterocycles. The minimum absolute atomic E-state index is 0.135. The Balaban J connectivity index is 5.06. The zero-order valence-corrected chi connectivity index (χ0v) is 13.7. The summed E-state index contributed by atoms with van der Waals surface area (Å²) in [7, 11) is 1.72. The average molecular weight is 273 g/mol. The van der Waals surface area contributed by atoms with Crippen LogP contribution in [0.4, 0.5) is 0 Å². The second kappa shape index (κ2) is 7.85. The highest BCUT2D eigenvalue weighted by atomic mass is 16.5. The lowest BCUT2D eigenvalue weighted by atomic mass is 9.83. The van der Waals surface area contributed by atoms with Crippen LogP contribution in [0.25, 0.3) is 0 Å². The van der Waals surface area contributed by atoms with Crippen molar-refractivity contribution in [3.05, 3.63) is 0 Å². The third-order valence-electron chi connectivity index (χ3n) is 3.72. The summed E-state index contributed by atoms with van der Waals surface area (Å²) in [6, 6.07) is 0. The predicted molar refractivity (Wildman–Crippen MR) is 78.3 cm³/mol. The van der Waals surface area contributed by atoms with Crippen molar-refractivity contribution in [2.75, 3.05) is 26.8 Å². The largest absolute Gasteiger partial charge is 0.466 e. The topological polar surface area (TPSA) is 38.8 Å². The van der Waals surface area contributed by atoms with Gasteiger partial charge >= 0.3 is 5.97 Å². The van der Waals surface area contributed by atoms with Gasteiger partial charge in [0.2, 0.25) is 0 Å². The summed E-state index contributed by atoms with van der Waals surface area (Å²) < 4.78 is 10.7. The molecule has 0 aromatic rings. The van der Waals surface area contributed by atoms with Crippen LogP contribution in [0.1, 0.15) is 54.4 Å². The van der Waals surface area contributed by atoms with Crippen molar-refractivity contribution in [1.82, 2.24) is 4.90 Å². The molecule has 0 aliphatic rings. The first kappa shape index (κ1) is 18.4. The summed E-state index contributed by atoms with van der Waals surface area (Å²) in [5, 5.41) is 0. The molecule has 0 spiro atoms. The van der Waals surface area contributed by atoms with Gasteiger partial charge in [0.1, 0.15) is 0 Å². The average Bonchev–Trinajstić information content (AvgIpc) is 2.29. The van der Waals surface area contributed by atoms with E-state index < -0.39 is 0 Å². The van der Waals surface area contributed by atoms with Gasteiger partial charge in [0.05, 0.1) is 18.6 Å². The molecule has 0 N–H and O–H groups in total. The normalized spacial score (nSPS) is 15.4. The third kappa shape index (κ3) is 5.91. The van der Waals surface area contributed by atoms with Gasteiger partial charge in [0, 0.05) is 12.6 Å². The van der Waals surface area contributed by atoms with E-state index in [1.807, 2.05) is 6.92 Å². The molecule has 19 heavy (non-hydrogen) atoms. The van der Waals surface area contributed by atoms with Crippen molar-refractivity contribution in [3.63, 3.8) is 0 Å². The van der Waals surface area contributed by atoms with Crippen LogP contribution >= 0.6 is 0 Å². The molecule has 0 aromatic heterocycles. The number of ether oxygens (including phenoxy) is 2. The molecule has 0 amide bonds. The summed E-state index contributed by atoms with van der Waals surface area (Å²) in [5.74, 6) is -0.135. The van der Waals surface area contributed by atoms with E-state index in [2.05, 4.69) is 39.5 Å². The Bertz CT molecular complexity index is 275. The van der Waals surface area contributed by atoms with Gasteiger partial charge in [-0.15, -0.1) is 0 Å². The van der Waals surface area contributed by atoms with Crippen LogP contribution in [0.2, 0.25) is 0 Å². The molecular formula is C15H31NO3. The Morgan fingerprint density at radius 2 is 1.63 bits per heavy atom. The minimum Gasteiger partial charge on any atom is -0.466 e. The van der Waals surface area contributed by atoms with Gasteiger partial charge in [0.25, 0.3) is 0 Å². The molecule has 0 heterocycles. The molecule has 0 saturated carbocycles. The van der Waals surface area contributed by atoms with Crippen molar-refractivity contribution in [2.45, 2.75) is 65.5 Å². The van der Waals surface area contributed by atoms with Crippen molar-refractivity contribution in [2.24, 2.45) is 0 Å². The summed E-state index contributed by atoms with van der Waals surface area (Å²) in [5.41, 5.74) is -0.501. The van der Waals surface area contributed by atoms with Gasteiger partial charge < -0.3 is 9.47 Å². The maximum absolute atomic E-state index is 11.9.